The second kappa shape index (κ2) is 7.02. The van der Waals surface area contributed by atoms with Gasteiger partial charge in [0.15, 0.2) is 5.82 Å². The minimum absolute atomic E-state index is 0.272. The molecule has 8 heteroatoms. The minimum Gasteiger partial charge on any atom is -0.250 e. The lowest BCUT2D eigenvalue weighted by molar-refractivity contribution is -0.137. The summed E-state index contributed by atoms with van der Waals surface area (Å²) in [7, 11) is 0. The van der Waals surface area contributed by atoms with Crippen LogP contribution >= 0.6 is 12.2 Å². The molecule has 0 unspecified atom stereocenters. The van der Waals surface area contributed by atoms with Crippen molar-refractivity contribution in [2.45, 2.75) is 12.6 Å². The summed E-state index contributed by atoms with van der Waals surface area (Å²) in [6.45, 7) is 0. The molecular formula is C17H13F3N4S. The van der Waals surface area contributed by atoms with Crippen molar-refractivity contribution in [2.75, 3.05) is 0 Å². The molecule has 1 aromatic heterocycles. The van der Waals surface area contributed by atoms with E-state index in [1.165, 1.54) is 17.0 Å². The molecule has 25 heavy (non-hydrogen) atoms. The third-order valence-corrected chi connectivity index (χ3v) is 3.72. The molecule has 4 nitrogen and oxygen atoms in total. The predicted octanol–water partition coefficient (Wildman–Crippen LogP) is 4.43. The average molecular weight is 362 g/mol. The van der Waals surface area contributed by atoms with Crippen LogP contribution in [0, 0.1) is 4.77 Å². The Kier molecular flexibility index (Phi) is 4.80. The number of hydrogen-bond acceptors (Lipinski definition) is 3. The first kappa shape index (κ1) is 17.1. The molecule has 128 valence electrons. The second-order valence-electron chi connectivity index (χ2n) is 5.29. The molecule has 0 aliphatic carbocycles. The van der Waals surface area contributed by atoms with Crippen molar-refractivity contribution in [3.63, 3.8) is 0 Å². The maximum absolute atomic E-state index is 12.8. The molecule has 0 saturated heterocycles. The quantitative estimate of drug-likeness (QED) is 0.551. The molecular weight excluding hydrogens is 349 g/mol. The van der Waals surface area contributed by atoms with Crippen LogP contribution < -0.4 is 0 Å². The number of aromatic nitrogens is 3. The van der Waals surface area contributed by atoms with Crippen LogP contribution in [0.25, 0.3) is 0 Å². The molecule has 0 aliphatic rings. The fourth-order valence-electron chi connectivity index (χ4n) is 2.26. The molecule has 3 rings (SSSR count). The lowest BCUT2D eigenvalue weighted by Gasteiger charge is -2.06. The molecule has 1 heterocycles. The van der Waals surface area contributed by atoms with Gasteiger partial charge in [0.25, 0.3) is 0 Å². The van der Waals surface area contributed by atoms with E-state index in [2.05, 4.69) is 15.3 Å². The number of rotatable bonds is 4. The summed E-state index contributed by atoms with van der Waals surface area (Å²) in [5.41, 5.74) is 0.618. The monoisotopic (exact) mass is 362 g/mol. The molecule has 0 bridgehead atoms. The lowest BCUT2D eigenvalue weighted by Crippen LogP contribution is -2.05. The van der Waals surface area contributed by atoms with E-state index in [-0.39, 0.29) is 4.77 Å². The Bertz CT molecular complexity index is 942. The van der Waals surface area contributed by atoms with Gasteiger partial charge in [-0.3, -0.25) is 5.10 Å². The fourth-order valence-corrected chi connectivity index (χ4v) is 2.45. The van der Waals surface area contributed by atoms with E-state index >= 15 is 0 Å². The van der Waals surface area contributed by atoms with Gasteiger partial charge in [-0.05, 0) is 35.5 Å². The molecule has 1 N–H and O–H groups in total. The minimum atomic E-state index is -4.39. The Morgan fingerprint density at radius 1 is 1.12 bits per heavy atom. The summed E-state index contributed by atoms with van der Waals surface area (Å²) in [6, 6.07) is 14.5. The zero-order valence-electron chi connectivity index (χ0n) is 12.9. The summed E-state index contributed by atoms with van der Waals surface area (Å²) in [5, 5.41) is 11.0. The highest BCUT2D eigenvalue weighted by atomic mass is 32.1. The number of benzene rings is 2. The van der Waals surface area contributed by atoms with Gasteiger partial charge in [-0.2, -0.15) is 28.0 Å². The summed E-state index contributed by atoms with van der Waals surface area (Å²) < 4.78 is 40.0. The summed E-state index contributed by atoms with van der Waals surface area (Å²) in [5.74, 6) is 0.569. The number of alkyl halides is 3. The summed E-state index contributed by atoms with van der Waals surface area (Å²) >= 11 is 5.14. The van der Waals surface area contributed by atoms with Gasteiger partial charge in [-0.25, -0.2) is 0 Å². The van der Waals surface area contributed by atoms with Crippen LogP contribution in [-0.2, 0) is 12.6 Å². The van der Waals surface area contributed by atoms with Crippen LogP contribution in [0.1, 0.15) is 22.5 Å². The third-order valence-electron chi connectivity index (χ3n) is 3.46. The van der Waals surface area contributed by atoms with Crippen molar-refractivity contribution in [2.24, 2.45) is 5.10 Å². The van der Waals surface area contributed by atoms with Crippen molar-refractivity contribution in [3.05, 3.63) is 81.9 Å². The highest BCUT2D eigenvalue weighted by Crippen LogP contribution is 2.29. The molecule has 0 aliphatic heterocycles. The number of halogens is 3. The molecule has 0 atom stereocenters. The second-order valence-corrected chi connectivity index (χ2v) is 5.67. The Morgan fingerprint density at radius 3 is 2.60 bits per heavy atom. The van der Waals surface area contributed by atoms with Crippen LogP contribution in [0.2, 0.25) is 0 Å². The Hall–Kier alpha value is -2.74. The topological polar surface area (TPSA) is 46.0 Å². The Balaban J connectivity index is 1.87. The zero-order valence-corrected chi connectivity index (χ0v) is 13.7. The smallest absolute Gasteiger partial charge is 0.250 e. The number of aromatic amines is 1. The predicted molar refractivity (Wildman–Crippen MR) is 91.1 cm³/mol. The third kappa shape index (κ3) is 4.21. The molecule has 0 spiro atoms. The van der Waals surface area contributed by atoms with Gasteiger partial charge < -0.3 is 0 Å². The summed E-state index contributed by atoms with van der Waals surface area (Å²) in [6.07, 6.45) is -2.57. The van der Waals surface area contributed by atoms with E-state index < -0.39 is 11.7 Å². The van der Waals surface area contributed by atoms with Crippen LogP contribution in [0.15, 0.2) is 59.7 Å². The lowest BCUT2D eigenvalue weighted by atomic mass is 10.1. The van der Waals surface area contributed by atoms with Crippen molar-refractivity contribution in [1.29, 1.82) is 0 Å². The van der Waals surface area contributed by atoms with Crippen LogP contribution in [0.3, 0.4) is 0 Å². The van der Waals surface area contributed by atoms with Crippen LogP contribution in [0.5, 0.6) is 0 Å². The van der Waals surface area contributed by atoms with E-state index in [9.17, 15) is 13.2 Å². The highest BCUT2D eigenvalue weighted by molar-refractivity contribution is 7.71. The maximum Gasteiger partial charge on any atom is 0.416 e. The molecule has 0 amide bonds. The van der Waals surface area contributed by atoms with Gasteiger partial charge in [0, 0.05) is 6.42 Å². The van der Waals surface area contributed by atoms with Gasteiger partial charge in [0.2, 0.25) is 4.77 Å². The standard InChI is InChI=1S/C17H13F3N4S/c18-17(19,20)14-8-4-7-13(9-14)11-21-24-15(22-23-16(24)25)10-12-5-2-1-3-6-12/h1-9,11H,10H2,(H,23,25)/b21-11-. The largest absolute Gasteiger partial charge is 0.416 e. The normalized spacial score (nSPS) is 12.0. The maximum atomic E-state index is 12.8. The van der Waals surface area contributed by atoms with Gasteiger partial charge >= 0.3 is 6.18 Å². The highest BCUT2D eigenvalue weighted by Gasteiger charge is 2.30. The number of nitrogens with one attached hydrogen (secondary N) is 1. The van der Waals surface area contributed by atoms with Crippen LogP contribution in [0.4, 0.5) is 13.2 Å². The van der Waals surface area contributed by atoms with Gasteiger partial charge in [0.05, 0.1) is 11.8 Å². The molecule has 0 radical (unpaired) electrons. The fraction of sp³-hybridized carbons (Fsp3) is 0.118. The molecule has 2 aromatic carbocycles. The van der Waals surface area contributed by atoms with Crippen molar-refractivity contribution in [3.8, 4) is 0 Å². The van der Waals surface area contributed by atoms with Gasteiger partial charge in [-0.1, -0.05) is 42.5 Å². The van der Waals surface area contributed by atoms with E-state index in [1.807, 2.05) is 30.3 Å². The molecule has 0 saturated carbocycles. The van der Waals surface area contributed by atoms with Crippen molar-refractivity contribution < 1.29 is 13.2 Å². The van der Waals surface area contributed by atoms with E-state index in [1.54, 1.807) is 6.07 Å². The van der Waals surface area contributed by atoms with Gasteiger partial charge in [0.1, 0.15) is 0 Å². The van der Waals surface area contributed by atoms with E-state index in [4.69, 9.17) is 12.2 Å². The average Bonchev–Trinajstić information content (AvgIpc) is 2.93. The molecule has 3 aromatic rings. The van der Waals surface area contributed by atoms with E-state index in [0.29, 0.717) is 17.8 Å². The first-order valence-electron chi connectivity index (χ1n) is 7.35. The zero-order chi connectivity index (χ0) is 17.9. The van der Waals surface area contributed by atoms with Gasteiger partial charge in [-0.15, -0.1) is 0 Å². The first-order chi connectivity index (χ1) is 11.9. The van der Waals surface area contributed by atoms with Crippen molar-refractivity contribution >= 4 is 18.4 Å². The number of hydrogen-bond donors (Lipinski definition) is 1. The van der Waals surface area contributed by atoms with Crippen LogP contribution in [-0.4, -0.2) is 21.1 Å². The summed E-state index contributed by atoms with van der Waals surface area (Å²) in [4.78, 5) is 0. The number of H-pyrrole nitrogens is 1. The van der Waals surface area contributed by atoms with E-state index in [0.717, 1.165) is 17.7 Å². The SMILES string of the molecule is FC(F)(F)c1cccc(/C=N\n2c(Cc3ccccc3)n[nH]c2=S)c1. The Morgan fingerprint density at radius 2 is 1.88 bits per heavy atom. The Labute approximate surface area is 146 Å². The first-order valence-corrected chi connectivity index (χ1v) is 7.76. The molecule has 0 fully saturated rings. The number of nitrogens with zero attached hydrogens (tertiary/aromatic N) is 3. The van der Waals surface area contributed by atoms with Crippen molar-refractivity contribution in [1.82, 2.24) is 14.9 Å².